The Hall–Kier alpha value is -0.550. The average molecular weight is 431 g/mol. The Kier molecular flexibility index (Phi) is 7.79. The number of benzene rings is 1. The van der Waals surface area contributed by atoms with Crippen molar-refractivity contribution in [2.45, 2.75) is 97.7 Å². The molecular weight excluding hydrogens is 387 g/mol. The summed E-state index contributed by atoms with van der Waals surface area (Å²) in [6.07, 6.45) is 2.24. The number of hydrogen-bond acceptors (Lipinski definition) is 5. The fourth-order valence-corrected chi connectivity index (χ4v) is 6.79. The molecule has 0 fully saturated rings. The molecule has 0 amide bonds. The fraction of sp³-hybridized carbons (Fsp3) is 0.739. The zero-order valence-electron chi connectivity index (χ0n) is 19.5. The number of rotatable bonds is 8. The predicted octanol–water partition coefficient (Wildman–Crippen LogP) is 4.08. The van der Waals surface area contributed by atoms with Gasteiger partial charge in [0, 0.05) is 0 Å². The molecule has 0 heterocycles. The maximum atomic E-state index is 11.3. The average Bonchev–Trinajstić information content (AvgIpc) is 2.60. The van der Waals surface area contributed by atoms with Crippen LogP contribution in [0.2, 0.25) is 0 Å². The van der Waals surface area contributed by atoms with Gasteiger partial charge in [-0.05, 0) is 0 Å². The van der Waals surface area contributed by atoms with Gasteiger partial charge in [0.25, 0.3) is 0 Å². The van der Waals surface area contributed by atoms with E-state index in [1.165, 1.54) is 0 Å². The first-order valence-electron chi connectivity index (χ1n) is 10.7. The molecule has 1 aromatic rings. The molecule has 2 atom stereocenters. The molecule has 1 rings (SSSR count). The Morgan fingerprint density at radius 2 is 1.48 bits per heavy atom. The van der Waals surface area contributed by atoms with Crippen molar-refractivity contribution in [3.63, 3.8) is 0 Å². The second kappa shape index (κ2) is 8.53. The van der Waals surface area contributed by atoms with Crippen LogP contribution in [0.5, 0.6) is 0 Å². The Morgan fingerprint density at radius 1 is 0.931 bits per heavy atom. The second-order valence-electron chi connectivity index (χ2n) is 10.6. The third-order valence-electron chi connectivity index (χ3n) is 6.18. The fourth-order valence-electron chi connectivity index (χ4n) is 3.90. The predicted molar refractivity (Wildman–Crippen MR) is 122 cm³/mol. The van der Waals surface area contributed by atoms with Crippen LogP contribution >= 0.6 is 7.28 Å². The van der Waals surface area contributed by atoms with E-state index in [1.54, 1.807) is 19.1 Å². The van der Waals surface area contributed by atoms with Crippen LogP contribution in [0.15, 0.2) is 18.2 Å². The molecule has 0 radical (unpaired) electrons. The number of hydrogen-bond donors (Lipinski definition) is 5. The van der Waals surface area contributed by atoms with E-state index < -0.39 is 30.6 Å². The monoisotopic (exact) mass is 430 g/mol. The van der Waals surface area contributed by atoms with Gasteiger partial charge >= 0.3 is 177 Å². The quantitative estimate of drug-likeness (QED) is 0.400. The first-order chi connectivity index (χ1) is 12.9. The third-order valence-corrected chi connectivity index (χ3v) is 8.94. The molecule has 170 valence electrons. The van der Waals surface area contributed by atoms with Crippen molar-refractivity contribution < 1.29 is 24.9 Å². The Labute approximate surface area is 177 Å². The molecular formula is C23H43O5P. The van der Waals surface area contributed by atoms with E-state index in [2.05, 4.69) is 20.8 Å². The Balaban J connectivity index is 3.75. The minimum absolute atomic E-state index is 0.0215. The van der Waals surface area contributed by atoms with E-state index in [9.17, 15) is 24.9 Å². The van der Waals surface area contributed by atoms with Gasteiger partial charge in [0.1, 0.15) is 0 Å². The van der Waals surface area contributed by atoms with Crippen molar-refractivity contribution in [3.05, 3.63) is 29.3 Å². The van der Waals surface area contributed by atoms with Crippen LogP contribution in [0.3, 0.4) is 0 Å². The van der Waals surface area contributed by atoms with E-state index in [-0.39, 0.29) is 10.7 Å². The topological polar surface area (TPSA) is 101 Å². The van der Waals surface area contributed by atoms with Gasteiger partial charge < -0.3 is 0 Å². The molecule has 5 N–H and O–H groups in total. The summed E-state index contributed by atoms with van der Waals surface area (Å²) in [4.78, 5) is 34.0. The van der Waals surface area contributed by atoms with Gasteiger partial charge in [0.2, 0.25) is 0 Å². The maximum absolute atomic E-state index is 11.3. The summed E-state index contributed by atoms with van der Waals surface area (Å²) in [5, 5.41) is 21.3. The first kappa shape index (κ1) is 26.5. The molecule has 29 heavy (non-hydrogen) atoms. The van der Waals surface area contributed by atoms with Gasteiger partial charge in [-0.25, -0.2) is 0 Å². The van der Waals surface area contributed by atoms with Crippen LogP contribution in [-0.2, 0) is 10.8 Å². The van der Waals surface area contributed by atoms with Crippen LogP contribution in [-0.4, -0.2) is 37.3 Å². The standard InChI is InChI=1S/C23H43O5P/c1-9-11-14-23(10-2,16-24)20(25)29(26,27,28)19-13-12-17(21(3,4)5)15-18(19)22(6,7)8/h12-13,15,20,24-28H,9-11,14,16H2,1-8H3. The van der Waals surface area contributed by atoms with Gasteiger partial charge in [0.15, 0.2) is 0 Å². The third kappa shape index (κ3) is 5.39. The van der Waals surface area contributed by atoms with E-state index in [1.807, 2.05) is 33.8 Å². The van der Waals surface area contributed by atoms with Crippen LogP contribution in [0.1, 0.15) is 92.2 Å². The molecule has 0 aliphatic heterocycles. The summed E-state index contributed by atoms with van der Waals surface area (Å²) >= 11 is 0. The first-order valence-corrected chi connectivity index (χ1v) is 12.8. The molecule has 0 saturated carbocycles. The normalized spacial score (nSPS) is 18.0. The van der Waals surface area contributed by atoms with E-state index in [0.717, 1.165) is 12.0 Å². The van der Waals surface area contributed by atoms with Gasteiger partial charge in [-0.3, -0.25) is 0 Å². The molecule has 0 saturated heterocycles. The van der Waals surface area contributed by atoms with Crippen molar-refractivity contribution in [3.8, 4) is 0 Å². The van der Waals surface area contributed by atoms with Crippen LogP contribution < -0.4 is 5.30 Å². The molecule has 0 aliphatic rings. The molecule has 0 spiro atoms. The van der Waals surface area contributed by atoms with Crippen LogP contribution in [0.4, 0.5) is 0 Å². The summed E-state index contributed by atoms with van der Waals surface area (Å²) in [6.45, 7) is 15.4. The zero-order chi connectivity index (χ0) is 22.9. The number of aliphatic hydroxyl groups is 2. The number of aliphatic hydroxyl groups excluding tert-OH is 2. The summed E-state index contributed by atoms with van der Waals surface area (Å²) in [6, 6.07) is 5.21. The second-order valence-corrected chi connectivity index (χ2v) is 13.7. The van der Waals surface area contributed by atoms with Crippen molar-refractivity contribution in [1.82, 2.24) is 0 Å². The summed E-state index contributed by atoms with van der Waals surface area (Å²) in [5.74, 6) is -1.86. The SMILES string of the molecule is CCCCC(CC)(CO)C(O)P(O)(O)(O)c1ccc(C(C)(C)C)cc1C(C)(C)C. The summed E-state index contributed by atoms with van der Waals surface area (Å²) in [5.41, 5.74) is -0.252. The molecule has 0 bridgehead atoms. The Morgan fingerprint density at radius 3 is 1.86 bits per heavy atom. The number of unbranched alkanes of at least 4 members (excludes halogenated alkanes) is 1. The van der Waals surface area contributed by atoms with Crippen LogP contribution in [0, 0.1) is 5.41 Å². The van der Waals surface area contributed by atoms with Gasteiger partial charge in [-0.2, -0.15) is 0 Å². The van der Waals surface area contributed by atoms with E-state index >= 15 is 0 Å². The Bertz CT molecular complexity index is 688. The van der Waals surface area contributed by atoms with Crippen LogP contribution in [0.25, 0.3) is 0 Å². The van der Waals surface area contributed by atoms with Gasteiger partial charge in [-0.15, -0.1) is 0 Å². The molecule has 6 heteroatoms. The van der Waals surface area contributed by atoms with E-state index in [4.69, 9.17) is 0 Å². The van der Waals surface area contributed by atoms with Crippen molar-refractivity contribution in [2.24, 2.45) is 5.41 Å². The summed E-state index contributed by atoms with van der Waals surface area (Å²) in [7, 11) is -5.75. The van der Waals surface area contributed by atoms with E-state index in [0.29, 0.717) is 24.8 Å². The van der Waals surface area contributed by atoms with Crippen molar-refractivity contribution in [1.29, 1.82) is 0 Å². The van der Waals surface area contributed by atoms with Crippen molar-refractivity contribution >= 4 is 12.6 Å². The molecule has 2 unspecified atom stereocenters. The zero-order valence-corrected chi connectivity index (χ0v) is 20.4. The molecule has 1 aromatic carbocycles. The van der Waals surface area contributed by atoms with Gasteiger partial charge in [0.05, 0.1) is 0 Å². The molecule has 5 nitrogen and oxygen atoms in total. The molecule has 0 aliphatic carbocycles. The summed E-state index contributed by atoms with van der Waals surface area (Å²) < 4.78 is 0. The minimum atomic E-state index is -5.75. The molecule has 0 aromatic heterocycles. The van der Waals surface area contributed by atoms with Crippen molar-refractivity contribution in [2.75, 3.05) is 6.61 Å². The van der Waals surface area contributed by atoms with Gasteiger partial charge in [-0.1, -0.05) is 0 Å².